The Morgan fingerprint density at radius 3 is 2.45 bits per heavy atom. The van der Waals surface area contributed by atoms with Crippen molar-refractivity contribution >= 4 is 36.0 Å². The summed E-state index contributed by atoms with van der Waals surface area (Å²) in [5.74, 6) is 1.27. The van der Waals surface area contributed by atoms with Gasteiger partial charge in [-0.05, 0) is 57.9 Å². The van der Waals surface area contributed by atoms with E-state index in [-0.39, 0.29) is 30.1 Å². The van der Waals surface area contributed by atoms with E-state index in [4.69, 9.17) is 4.74 Å². The number of halogens is 1. The fraction of sp³-hybridized carbons (Fsp3) is 0.680. The van der Waals surface area contributed by atoms with Crippen molar-refractivity contribution in [2.75, 3.05) is 39.8 Å². The van der Waals surface area contributed by atoms with Gasteiger partial charge in [-0.15, -0.1) is 24.0 Å². The number of ether oxygens (including phenoxy) is 1. The third kappa shape index (κ3) is 9.68. The second-order valence-electron chi connectivity index (χ2n) is 10.1. The molecule has 186 valence electrons. The van der Waals surface area contributed by atoms with E-state index in [1.807, 2.05) is 32.7 Å². The van der Waals surface area contributed by atoms with Gasteiger partial charge in [0.1, 0.15) is 5.60 Å². The maximum absolute atomic E-state index is 12.4. The first-order valence-electron chi connectivity index (χ1n) is 12.0. The number of hydrogen-bond donors (Lipinski definition) is 2. The molecule has 2 aliphatic heterocycles. The lowest BCUT2D eigenvalue weighted by atomic mass is 9.98. The molecule has 0 bridgehead atoms. The Morgan fingerprint density at radius 1 is 1.12 bits per heavy atom. The highest BCUT2D eigenvalue weighted by Gasteiger charge is 2.28. The number of amides is 1. The number of nitrogens with zero attached hydrogens (tertiary/aromatic N) is 3. The fourth-order valence-electron chi connectivity index (χ4n) is 4.43. The second-order valence-corrected chi connectivity index (χ2v) is 10.1. The van der Waals surface area contributed by atoms with E-state index in [2.05, 4.69) is 50.9 Å². The molecule has 0 radical (unpaired) electrons. The highest BCUT2D eigenvalue weighted by atomic mass is 127. The van der Waals surface area contributed by atoms with Gasteiger partial charge in [0.15, 0.2) is 5.96 Å². The highest BCUT2D eigenvalue weighted by molar-refractivity contribution is 14.0. The molecular formula is C25H42IN5O2. The summed E-state index contributed by atoms with van der Waals surface area (Å²) in [5, 5.41) is 7.09. The molecule has 33 heavy (non-hydrogen) atoms. The molecule has 2 fully saturated rings. The molecule has 1 amide bonds. The van der Waals surface area contributed by atoms with Crippen LogP contribution in [0.2, 0.25) is 0 Å². The van der Waals surface area contributed by atoms with Crippen molar-refractivity contribution in [3.8, 4) is 0 Å². The first-order chi connectivity index (χ1) is 15.3. The standard InChI is InChI=1S/C25H41N5O2.HI/c1-25(2,3)32-24(31)30-14-8-11-21(19-30)17-27-23(26-4)28-22-12-15-29(16-13-22)18-20-9-6-5-7-10-20;/h5-7,9-10,21-22H,8,11-19H2,1-4H3,(H2,26,27,28);1H. The molecule has 3 rings (SSSR count). The van der Waals surface area contributed by atoms with Gasteiger partial charge in [-0.3, -0.25) is 9.89 Å². The Balaban J connectivity index is 0.00000385. The molecule has 0 saturated carbocycles. The number of aliphatic imine (C=N–C) groups is 1. The van der Waals surface area contributed by atoms with Crippen molar-refractivity contribution in [1.29, 1.82) is 0 Å². The van der Waals surface area contributed by atoms with Crippen LogP contribution in [0.25, 0.3) is 0 Å². The highest BCUT2D eigenvalue weighted by Crippen LogP contribution is 2.19. The van der Waals surface area contributed by atoms with E-state index in [0.717, 1.165) is 70.9 Å². The molecule has 1 aromatic carbocycles. The van der Waals surface area contributed by atoms with Gasteiger partial charge in [-0.25, -0.2) is 4.79 Å². The molecule has 8 heteroatoms. The number of likely N-dealkylation sites (tertiary alicyclic amines) is 2. The van der Waals surface area contributed by atoms with Crippen molar-refractivity contribution in [3.05, 3.63) is 35.9 Å². The molecular weight excluding hydrogens is 529 g/mol. The van der Waals surface area contributed by atoms with E-state index in [1.165, 1.54) is 5.56 Å². The topological polar surface area (TPSA) is 69.2 Å². The van der Waals surface area contributed by atoms with Crippen LogP contribution in [-0.4, -0.2) is 73.3 Å². The zero-order chi connectivity index (χ0) is 23.0. The monoisotopic (exact) mass is 571 g/mol. The normalized spacial score (nSPS) is 20.7. The van der Waals surface area contributed by atoms with Crippen molar-refractivity contribution < 1.29 is 9.53 Å². The molecule has 2 aliphatic rings. The first kappa shape index (κ1) is 27.7. The molecule has 2 N–H and O–H groups in total. The summed E-state index contributed by atoms with van der Waals surface area (Å²) in [6.07, 6.45) is 4.15. The smallest absolute Gasteiger partial charge is 0.410 e. The summed E-state index contributed by atoms with van der Waals surface area (Å²) in [6.45, 7) is 11.3. The SMILES string of the molecule is CN=C(NCC1CCCN(C(=O)OC(C)(C)C)C1)NC1CCN(Cc2ccccc2)CC1.I. The van der Waals surface area contributed by atoms with E-state index in [1.54, 1.807) is 0 Å². The fourth-order valence-corrected chi connectivity index (χ4v) is 4.43. The van der Waals surface area contributed by atoms with Crippen LogP contribution in [0.4, 0.5) is 4.79 Å². The number of guanidine groups is 1. The van der Waals surface area contributed by atoms with Crippen LogP contribution in [0.5, 0.6) is 0 Å². The summed E-state index contributed by atoms with van der Waals surface area (Å²) in [6, 6.07) is 11.1. The summed E-state index contributed by atoms with van der Waals surface area (Å²) in [4.78, 5) is 21.2. The lowest BCUT2D eigenvalue weighted by Crippen LogP contribution is -2.50. The van der Waals surface area contributed by atoms with Gasteiger partial charge < -0.3 is 20.3 Å². The Morgan fingerprint density at radius 2 is 1.82 bits per heavy atom. The average Bonchev–Trinajstić information content (AvgIpc) is 2.77. The summed E-state index contributed by atoms with van der Waals surface area (Å²) >= 11 is 0. The number of carbonyl (C=O) groups is 1. The van der Waals surface area contributed by atoms with Crippen LogP contribution in [0.1, 0.15) is 52.0 Å². The largest absolute Gasteiger partial charge is 0.444 e. The van der Waals surface area contributed by atoms with Gasteiger partial charge in [0, 0.05) is 52.4 Å². The molecule has 1 atom stereocenters. The van der Waals surface area contributed by atoms with Gasteiger partial charge in [-0.1, -0.05) is 30.3 Å². The van der Waals surface area contributed by atoms with E-state index in [0.29, 0.717) is 12.0 Å². The van der Waals surface area contributed by atoms with Gasteiger partial charge in [-0.2, -0.15) is 0 Å². The Bertz CT molecular complexity index is 745. The Labute approximate surface area is 216 Å². The van der Waals surface area contributed by atoms with Crippen LogP contribution < -0.4 is 10.6 Å². The predicted octanol–water partition coefficient (Wildman–Crippen LogP) is 4.08. The predicted molar refractivity (Wildman–Crippen MR) is 145 cm³/mol. The van der Waals surface area contributed by atoms with Crippen LogP contribution in [0.15, 0.2) is 35.3 Å². The lowest BCUT2D eigenvalue weighted by Gasteiger charge is -2.35. The van der Waals surface area contributed by atoms with Gasteiger partial charge in [0.05, 0.1) is 0 Å². The van der Waals surface area contributed by atoms with E-state index in [9.17, 15) is 4.79 Å². The number of nitrogens with one attached hydrogen (secondary N) is 2. The summed E-state index contributed by atoms with van der Waals surface area (Å²) in [5.41, 5.74) is 0.926. The zero-order valence-corrected chi connectivity index (χ0v) is 23.0. The van der Waals surface area contributed by atoms with Crippen LogP contribution >= 0.6 is 24.0 Å². The molecule has 7 nitrogen and oxygen atoms in total. The van der Waals surface area contributed by atoms with Crippen molar-refractivity contribution in [1.82, 2.24) is 20.4 Å². The van der Waals surface area contributed by atoms with Gasteiger partial charge in [0.25, 0.3) is 0 Å². The third-order valence-electron chi connectivity index (χ3n) is 6.13. The molecule has 0 spiro atoms. The molecule has 0 aliphatic carbocycles. The maximum atomic E-state index is 12.4. The quantitative estimate of drug-likeness (QED) is 0.317. The van der Waals surface area contributed by atoms with Gasteiger partial charge in [0.2, 0.25) is 0 Å². The number of carbonyl (C=O) groups excluding carboxylic acids is 1. The second kappa shape index (κ2) is 13.4. The molecule has 1 aromatic rings. The molecule has 2 heterocycles. The van der Waals surface area contributed by atoms with Crippen molar-refractivity contribution in [3.63, 3.8) is 0 Å². The van der Waals surface area contributed by atoms with Crippen molar-refractivity contribution in [2.24, 2.45) is 10.9 Å². The Hall–Kier alpha value is -1.55. The van der Waals surface area contributed by atoms with Crippen LogP contribution in [0.3, 0.4) is 0 Å². The Kier molecular flexibility index (Phi) is 11.2. The molecule has 1 unspecified atom stereocenters. The van der Waals surface area contributed by atoms with E-state index >= 15 is 0 Å². The lowest BCUT2D eigenvalue weighted by molar-refractivity contribution is 0.0168. The van der Waals surface area contributed by atoms with Gasteiger partial charge >= 0.3 is 6.09 Å². The number of rotatable bonds is 5. The maximum Gasteiger partial charge on any atom is 0.410 e. The number of hydrogen-bond acceptors (Lipinski definition) is 4. The number of piperidine rings is 2. The van der Waals surface area contributed by atoms with Crippen LogP contribution in [0, 0.1) is 5.92 Å². The van der Waals surface area contributed by atoms with E-state index < -0.39 is 5.60 Å². The third-order valence-corrected chi connectivity index (χ3v) is 6.13. The molecule has 2 saturated heterocycles. The minimum atomic E-state index is -0.453. The summed E-state index contributed by atoms with van der Waals surface area (Å²) in [7, 11) is 1.83. The minimum absolute atomic E-state index is 0. The van der Waals surface area contributed by atoms with Crippen LogP contribution in [-0.2, 0) is 11.3 Å². The zero-order valence-electron chi connectivity index (χ0n) is 20.7. The average molecular weight is 572 g/mol. The first-order valence-corrected chi connectivity index (χ1v) is 12.0. The van der Waals surface area contributed by atoms with Crippen molar-refractivity contribution in [2.45, 2.75) is 64.6 Å². The number of benzene rings is 1. The summed E-state index contributed by atoms with van der Waals surface area (Å²) < 4.78 is 5.55. The minimum Gasteiger partial charge on any atom is -0.444 e. The molecule has 0 aromatic heterocycles.